The number of likely N-dealkylation sites (N-methyl/N-ethyl adjacent to an activating group) is 1. The molecule has 112 valence electrons. The molecule has 0 aliphatic rings. The molecular formula is C14H23N3O3. The molecule has 0 aliphatic carbocycles. The van der Waals surface area contributed by atoms with Crippen LogP contribution in [0, 0.1) is 6.92 Å². The highest BCUT2D eigenvalue weighted by molar-refractivity contribution is 5.92. The number of aliphatic hydroxyl groups is 2. The van der Waals surface area contributed by atoms with E-state index in [0.29, 0.717) is 12.2 Å². The quantitative estimate of drug-likeness (QED) is 0.576. The van der Waals surface area contributed by atoms with Crippen molar-refractivity contribution < 1.29 is 15.0 Å². The van der Waals surface area contributed by atoms with Gasteiger partial charge in [-0.15, -0.1) is 0 Å². The summed E-state index contributed by atoms with van der Waals surface area (Å²) < 4.78 is 0. The molecule has 0 aromatic heterocycles. The third-order valence-electron chi connectivity index (χ3n) is 2.72. The van der Waals surface area contributed by atoms with Crippen molar-refractivity contribution in [2.45, 2.75) is 13.0 Å². The van der Waals surface area contributed by atoms with Crippen molar-refractivity contribution in [3.8, 4) is 0 Å². The number of aryl methyl sites for hydroxylation is 1. The van der Waals surface area contributed by atoms with E-state index in [1.165, 1.54) is 0 Å². The maximum atomic E-state index is 11.7. The van der Waals surface area contributed by atoms with Crippen LogP contribution in [0.25, 0.3) is 0 Å². The van der Waals surface area contributed by atoms with Crippen molar-refractivity contribution >= 4 is 17.3 Å². The van der Waals surface area contributed by atoms with E-state index in [0.717, 1.165) is 11.3 Å². The van der Waals surface area contributed by atoms with E-state index in [2.05, 4.69) is 10.6 Å². The summed E-state index contributed by atoms with van der Waals surface area (Å²) in [7, 11) is 3.66. The zero-order valence-corrected chi connectivity index (χ0v) is 12.2. The molecule has 4 N–H and O–H groups in total. The lowest BCUT2D eigenvalue weighted by molar-refractivity contribution is -0.116. The summed E-state index contributed by atoms with van der Waals surface area (Å²) in [4.78, 5) is 13.5. The topological polar surface area (TPSA) is 84.8 Å². The molecule has 0 heterocycles. The Morgan fingerprint density at radius 1 is 1.40 bits per heavy atom. The van der Waals surface area contributed by atoms with Gasteiger partial charge in [0.2, 0.25) is 5.91 Å². The first kappa shape index (κ1) is 16.4. The molecule has 1 aromatic rings. The summed E-state index contributed by atoms with van der Waals surface area (Å²) in [5.41, 5.74) is 2.52. The summed E-state index contributed by atoms with van der Waals surface area (Å²) in [5, 5.41) is 24.0. The summed E-state index contributed by atoms with van der Waals surface area (Å²) in [6.07, 6.45) is -0.804. The Morgan fingerprint density at radius 2 is 2.10 bits per heavy atom. The Bertz CT molecular complexity index is 449. The minimum atomic E-state index is -0.804. The van der Waals surface area contributed by atoms with E-state index in [4.69, 9.17) is 5.11 Å². The van der Waals surface area contributed by atoms with E-state index in [-0.39, 0.29) is 19.1 Å². The van der Waals surface area contributed by atoms with Gasteiger partial charge in [0.15, 0.2) is 0 Å². The largest absolute Gasteiger partial charge is 0.394 e. The molecule has 1 amide bonds. The number of rotatable bonds is 7. The second kappa shape index (κ2) is 7.84. The van der Waals surface area contributed by atoms with E-state index < -0.39 is 6.10 Å². The maximum Gasteiger partial charge on any atom is 0.238 e. The molecule has 1 rings (SSSR count). The molecule has 0 saturated carbocycles. The summed E-state index contributed by atoms with van der Waals surface area (Å²) >= 11 is 0. The second-order valence-electron chi connectivity index (χ2n) is 5.03. The number of hydrogen-bond donors (Lipinski definition) is 4. The van der Waals surface area contributed by atoms with Crippen LogP contribution in [0.1, 0.15) is 5.56 Å². The van der Waals surface area contributed by atoms with Crippen molar-refractivity contribution in [2.24, 2.45) is 0 Å². The highest BCUT2D eigenvalue weighted by Crippen LogP contribution is 2.20. The summed E-state index contributed by atoms with van der Waals surface area (Å²) in [6.45, 7) is 2.22. The zero-order valence-electron chi connectivity index (χ0n) is 12.2. The molecule has 1 aromatic carbocycles. The molecule has 0 bridgehead atoms. The van der Waals surface area contributed by atoms with Crippen molar-refractivity contribution in [1.82, 2.24) is 4.90 Å². The highest BCUT2D eigenvalue weighted by atomic mass is 16.3. The van der Waals surface area contributed by atoms with Crippen LogP contribution in [-0.2, 0) is 4.79 Å². The van der Waals surface area contributed by atoms with Crippen LogP contribution in [-0.4, -0.2) is 60.9 Å². The first-order valence-corrected chi connectivity index (χ1v) is 6.50. The molecule has 0 fully saturated rings. The number of benzene rings is 1. The van der Waals surface area contributed by atoms with Crippen LogP contribution in [0.15, 0.2) is 18.2 Å². The standard InChI is InChI=1S/C14H23N3O3/c1-10-4-5-11(16-14(20)8-17(2)3)6-13(10)15-7-12(19)9-18/h4-6,12,15,18-19H,7-9H2,1-3H3,(H,16,20). The van der Waals surface area contributed by atoms with Crippen LogP contribution >= 0.6 is 0 Å². The molecule has 20 heavy (non-hydrogen) atoms. The average molecular weight is 281 g/mol. The van der Waals surface area contributed by atoms with Gasteiger partial charge in [0.1, 0.15) is 0 Å². The Labute approximate surface area is 119 Å². The number of nitrogens with zero attached hydrogens (tertiary/aromatic N) is 1. The lowest BCUT2D eigenvalue weighted by Gasteiger charge is -2.15. The number of carbonyl (C=O) groups is 1. The van der Waals surface area contributed by atoms with E-state index in [1.54, 1.807) is 4.90 Å². The van der Waals surface area contributed by atoms with Gasteiger partial charge in [-0.1, -0.05) is 6.07 Å². The predicted molar refractivity (Wildman–Crippen MR) is 79.9 cm³/mol. The van der Waals surface area contributed by atoms with Gasteiger partial charge in [0, 0.05) is 17.9 Å². The van der Waals surface area contributed by atoms with Gasteiger partial charge in [-0.05, 0) is 38.7 Å². The third kappa shape index (κ3) is 5.56. The average Bonchev–Trinajstić information content (AvgIpc) is 2.37. The van der Waals surface area contributed by atoms with Crippen molar-refractivity contribution in [1.29, 1.82) is 0 Å². The normalized spacial score (nSPS) is 12.3. The minimum absolute atomic E-state index is 0.0832. The number of aliphatic hydroxyl groups excluding tert-OH is 2. The first-order chi connectivity index (χ1) is 9.42. The van der Waals surface area contributed by atoms with E-state index >= 15 is 0 Å². The van der Waals surface area contributed by atoms with Crippen molar-refractivity contribution in [3.63, 3.8) is 0 Å². The lowest BCUT2D eigenvalue weighted by Crippen LogP contribution is -2.27. The van der Waals surface area contributed by atoms with Crippen molar-refractivity contribution in [2.75, 3.05) is 44.4 Å². The molecule has 1 unspecified atom stereocenters. The Hall–Kier alpha value is -1.63. The van der Waals surface area contributed by atoms with Gasteiger partial charge in [-0.3, -0.25) is 4.79 Å². The third-order valence-corrected chi connectivity index (χ3v) is 2.72. The van der Waals surface area contributed by atoms with Crippen molar-refractivity contribution in [3.05, 3.63) is 23.8 Å². The van der Waals surface area contributed by atoms with Crippen LogP contribution in [0.3, 0.4) is 0 Å². The van der Waals surface area contributed by atoms with Crippen LogP contribution in [0.2, 0.25) is 0 Å². The lowest BCUT2D eigenvalue weighted by atomic mass is 10.1. The number of amides is 1. The Kier molecular flexibility index (Phi) is 6.44. The molecule has 1 atom stereocenters. The Morgan fingerprint density at radius 3 is 2.70 bits per heavy atom. The van der Waals surface area contributed by atoms with Gasteiger partial charge < -0.3 is 25.7 Å². The van der Waals surface area contributed by atoms with Gasteiger partial charge >= 0.3 is 0 Å². The highest BCUT2D eigenvalue weighted by Gasteiger charge is 2.07. The van der Waals surface area contributed by atoms with Gasteiger partial charge in [-0.2, -0.15) is 0 Å². The SMILES string of the molecule is Cc1ccc(NC(=O)CN(C)C)cc1NCC(O)CO. The van der Waals surface area contributed by atoms with Crippen LogP contribution in [0.4, 0.5) is 11.4 Å². The molecule has 0 aliphatic heterocycles. The smallest absolute Gasteiger partial charge is 0.238 e. The fraction of sp³-hybridized carbons (Fsp3) is 0.500. The minimum Gasteiger partial charge on any atom is -0.394 e. The predicted octanol–water partition coefficient (Wildman–Crippen LogP) is 0.260. The summed E-state index contributed by atoms with van der Waals surface area (Å²) in [6, 6.07) is 5.53. The number of hydrogen-bond acceptors (Lipinski definition) is 5. The second-order valence-corrected chi connectivity index (χ2v) is 5.03. The van der Waals surface area contributed by atoms with Crippen LogP contribution < -0.4 is 10.6 Å². The monoisotopic (exact) mass is 281 g/mol. The molecule has 0 saturated heterocycles. The molecule has 6 heteroatoms. The van der Waals surface area contributed by atoms with E-state index in [9.17, 15) is 9.90 Å². The fourth-order valence-electron chi connectivity index (χ4n) is 1.67. The Balaban J connectivity index is 2.68. The molecule has 0 spiro atoms. The number of anilines is 2. The van der Waals surface area contributed by atoms with Crippen LogP contribution in [0.5, 0.6) is 0 Å². The summed E-state index contributed by atoms with van der Waals surface area (Å²) in [5.74, 6) is -0.0832. The maximum absolute atomic E-state index is 11.7. The fourth-order valence-corrected chi connectivity index (χ4v) is 1.67. The molecule has 6 nitrogen and oxygen atoms in total. The van der Waals surface area contributed by atoms with E-state index in [1.807, 2.05) is 39.2 Å². The first-order valence-electron chi connectivity index (χ1n) is 6.50. The van der Waals surface area contributed by atoms with Gasteiger partial charge in [-0.25, -0.2) is 0 Å². The number of nitrogens with one attached hydrogen (secondary N) is 2. The zero-order chi connectivity index (χ0) is 15.1. The number of carbonyl (C=O) groups excluding carboxylic acids is 1. The molecular weight excluding hydrogens is 258 g/mol. The molecule has 0 radical (unpaired) electrons. The van der Waals surface area contributed by atoms with Gasteiger partial charge in [0.05, 0.1) is 19.3 Å². The van der Waals surface area contributed by atoms with Gasteiger partial charge in [0.25, 0.3) is 0 Å².